The maximum Gasteiger partial charge on any atom is 4.00 e. The number of fused-ring (bicyclic) bond motifs is 1. The van der Waals surface area contributed by atoms with Gasteiger partial charge in [0.1, 0.15) is 0 Å². The van der Waals surface area contributed by atoms with E-state index in [0.29, 0.717) is 0 Å². The Hall–Kier alpha value is -0.850. The number of benzene rings is 1. The van der Waals surface area contributed by atoms with Crippen molar-refractivity contribution in [3.8, 4) is 0 Å². The zero-order valence-electron chi connectivity index (χ0n) is 12.3. The van der Waals surface area contributed by atoms with Crippen LogP contribution in [0.15, 0.2) is 72.8 Å². The summed E-state index contributed by atoms with van der Waals surface area (Å²) < 4.78 is 0. The molecule has 2 heteroatoms. The quantitative estimate of drug-likeness (QED) is 0.419. The summed E-state index contributed by atoms with van der Waals surface area (Å²) >= 11 is 0. The molecule has 0 saturated heterocycles. The minimum atomic E-state index is 0. The Labute approximate surface area is 145 Å². The molecule has 0 aliphatic rings. The summed E-state index contributed by atoms with van der Waals surface area (Å²) in [7, 11) is 1.36. The summed E-state index contributed by atoms with van der Waals surface area (Å²) in [4.78, 5) is 0. The van der Waals surface area contributed by atoms with E-state index in [2.05, 4.69) is 48.6 Å². The van der Waals surface area contributed by atoms with E-state index in [1.165, 1.54) is 20.6 Å². The van der Waals surface area contributed by atoms with E-state index in [0.717, 1.165) is 0 Å². The zero-order chi connectivity index (χ0) is 14.3. The molecule has 3 aromatic carbocycles. The van der Waals surface area contributed by atoms with Gasteiger partial charge in [0.25, 0.3) is 0 Å². The summed E-state index contributed by atoms with van der Waals surface area (Å²) in [6.45, 7) is 4.00. The molecule has 0 N–H and O–H groups in total. The third kappa shape index (κ3) is 10.00. The standard InChI is InChI=1S/C9H7.C5H5.C3H7.CH3Si.Zr/c1-2-5-9-7-3-6-8(9)4-1;1-2-4-5-3-1;1-3-2;1-2;/h1-7H;1-5H;3H,1-2H3;1H,2H2;/q4*-1;+4. The Kier molecular flexibility index (Phi) is 17.4. The molecule has 102 valence electrons. The molecule has 0 aliphatic heterocycles. The second-order valence-electron chi connectivity index (χ2n) is 3.69. The fourth-order valence-corrected chi connectivity index (χ4v) is 1.39. The van der Waals surface area contributed by atoms with Crippen molar-refractivity contribution in [1.82, 2.24) is 0 Å². The molecule has 0 bridgehead atoms. The summed E-state index contributed by atoms with van der Waals surface area (Å²) in [5.41, 5.74) is 0. The maximum absolute atomic E-state index is 4.53. The predicted octanol–water partition coefficient (Wildman–Crippen LogP) is 4.12. The molecular weight excluding hydrogens is 336 g/mol. The van der Waals surface area contributed by atoms with E-state index in [9.17, 15) is 0 Å². The summed E-state index contributed by atoms with van der Waals surface area (Å²) in [5.74, 6) is 0. The fourth-order valence-electron chi connectivity index (χ4n) is 1.39. The molecule has 0 saturated carbocycles. The van der Waals surface area contributed by atoms with Gasteiger partial charge in [-0.15, -0.1) is 29.7 Å². The molecule has 0 aliphatic carbocycles. The number of hydrogen-bond acceptors (Lipinski definition) is 0. The monoisotopic (exact) mass is 356 g/mol. The van der Waals surface area contributed by atoms with Gasteiger partial charge in [-0.25, -0.2) is 22.0 Å². The molecule has 3 rings (SSSR count). The first kappa shape index (κ1) is 21.4. The first-order valence-corrected chi connectivity index (χ1v) is 7.12. The molecular formula is C18H22SiZr. The molecule has 0 unspecified atom stereocenters. The van der Waals surface area contributed by atoms with Gasteiger partial charge in [-0.3, -0.25) is 0 Å². The van der Waals surface area contributed by atoms with Gasteiger partial charge >= 0.3 is 26.2 Å². The van der Waals surface area contributed by atoms with Crippen LogP contribution in [0.5, 0.6) is 0 Å². The molecule has 0 spiro atoms. The van der Waals surface area contributed by atoms with Crippen molar-refractivity contribution in [2.45, 2.75) is 13.8 Å². The Balaban J connectivity index is 0. The molecule has 0 heterocycles. The van der Waals surface area contributed by atoms with Crippen molar-refractivity contribution in [3.63, 3.8) is 0 Å². The molecule has 0 nitrogen and oxygen atoms in total. The van der Waals surface area contributed by atoms with E-state index < -0.39 is 0 Å². The second kappa shape index (κ2) is 16.2. The van der Waals surface area contributed by atoms with Crippen LogP contribution in [0.1, 0.15) is 13.8 Å². The van der Waals surface area contributed by atoms with Gasteiger partial charge in [-0.2, -0.15) is 49.6 Å². The minimum Gasteiger partial charge on any atom is -0.533 e. The van der Waals surface area contributed by atoms with Gasteiger partial charge in [-0.1, -0.05) is 6.07 Å². The van der Waals surface area contributed by atoms with Crippen molar-refractivity contribution >= 4 is 26.8 Å². The third-order valence-corrected chi connectivity index (χ3v) is 2.10. The van der Waals surface area contributed by atoms with Crippen LogP contribution in [0.2, 0.25) is 0 Å². The van der Waals surface area contributed by atoms with Crippen LogP contribution in [0.4, 0.5) is 0 Å². The van der Waals surface area contributed by atoms with Gasteiger partial charge in [0.2, 0.25) is 0 Å². The van der Waals surface area contributed by atoms with E-state index in [4.69, 9.17) is 0 Å². The van der Waals surface area contributed by atoms with Gasteiger partial charge in [0.15, 0.2) is 0 Å². The SMILES string of the molecule is C[CH-]C.[CH-]=[SiH2].[Zr+4].c1cc[cH-]c1.c1ccc2[cH-]ccc2c1. The van der Waals surface area contributed by atoms with E-state index in [1.54, 1.807) is 0 Å². The van der Waals surface area contributed by atoms with Crippen molar-refractivity contribution in [2.75, 3.05) is 0 Å². The number of rotatable bonds is 0. The maximum atomic E-state index is 4.53. The molecule has 0 amide bonds. The molecule has 0 fully saturated rings. The Morgan fingerprint density at radius 3 is 1.90 bits per heavy atom. The van der Waals surface area contributed by atoms with Crippen molar-refractivity contribution in [2.24, 2.45) is 0 Å². The smallest absolute Gasteiger partial charge is 0.533 e. The van der Waals surface area contributed by atoms with Crippen LogP contribution in [-0.4, -0.2) is 16.0 Å². The first-order valence-electron chi connectivity index (χ1n) is 6.30. The van der Waals surface area contributed by atoms with E-state index in [1.807, 2.05) is 50.6 Å². The molecule has 0 radical (unpaired) electrons. The van der Waals surface area contributed by atoms with Crippen molar-refractivity contribution in [3.05, 3.63) is 79.2 Å². The molecule has 0 atom stereocenters. The number of hydrogen-bond donors (Lipinski definition) is 0. The van der Waals surface area contributed by atoms with E-state index >= 15 is 0 Å². The van der Waals surface area contributed by atoms with Crippen LogP contribution in [-0.2, 0) is 26.2 Å². The largest absolute Gasteiger partial charge is 4.00 e. The minimum absolute atomic E-state index is 0. The Morgan fingerprint density at radius 2 is 1.45 bits per heavy atom. The van der Waals surface area contributed by atoms with Gasteiger partial charge in [-0.05, 0) is 0 Å². The second-order valence-corrected chi connectivity index (χ2v) is 3.69. The van der Waals surface area contributed by atoms with Crippen LogP contribution in [0.3, 0.4) is 0 Å². The zero-order valence-corrected chi connectivity index (χ0v) is 16.2. The van der Waals surface area contributed by atoms with Crippen molar-refractivity contribution < 1.29 is 26.2 Å². The summed E-state index contributed by atoms with van der Waals surface area (Å²) in [6, 6.07) is 24.7. The van der Waals surface area contributed by atoms with Gasteiger partial charge in [0, 0.05) is 0 Å². The topological polar surface area (TPSA) is 0 Å². The fraction of sp³-hybridized carbons (Fsp3) is 0.111. The van der Waals surface area contributed by atoms with Crippen molar-refractivity contribution in [1.29, 1.82) is 0 Å². The van der Waals surface area contributed by atoms with E-state index in [-0.39, 0.29) is 26.2 Å². The van der Waals surface area contributed by atoms with Crippen LogP contribution in [0.25, 0.3) is 10.8 Å². The molecule has 0 aromatic heterocycles. The average Bonchev–Trinajstić information content (AvgIpc) is 3.16. The Morgan fingerprint density at radius 1 is 0.900 bits per heavy atom. The van der Waals surface area contributed by atoms with Gasteiger partial charge < -0.3 is 12.6 Å². The first-order chi connectivity index (χ1) is 9.38. The Bertz CT molecular complexity index is 449. The van der Waals surface area contributed by atoms with Crippen LogP contribution >= 0.6 is 0 Å². The third-order valence-electron chi connectivity index (χ3n) is 2.10. The average molecular weight is 358 g/mol. The summed E-state index contributed by atoms with van der Waals surface area (Å²) in [5, 5.41) is 2.66. The molecule has 20 heavy (non-hydrogen) atoms. The van der Waals surface area contributed by atoms with Crippen LogP contribution < -0.4 is 0 Å². The predicted molar refractivity (Wildman–Crippen MR) is 91.8 cm³/mol. The van der Waals surface area contributed by atoms with Gasteiger partial charge in [0.05, 0.1) is 0 Å². The van der Waals surface area contributed by atoms with Crippen LogP contribution in [0, 0.1) is 6.42 Å². The normalized spacial score (nSPS) is 7.70. The molecule has 3 aromatic rings. The summed E-state index contributed by atoms with van der Waals surface area (Å²) in [6.07, 6.45) is 6.53.